The van der Waals surface area contributed by atoms with Gasteiger partial charge in [-0.1, -0.05) is 12.1 Å². The van der Waals surface area contributed by atoms with Gasteiger partial charge in [-0.15, -0.1) is 0 Å². The van der Waals surface area contributed by atoms with Crippen LogP contribution in [-0.2, 0) is 4.74 Å². The van der Waals surface area contributed by atoms with E-state index in [1.165, 1.54) is 16.8 Å². The molecule has 178 valence electrons. The standard InChI is InChI=1S/C24H40N6O2/c1-5-32-24(31)30-12-9-21(10-13-30)27-23(25-4)26-11-14-28-15-17-29(18-16-28)22-8-6-7-19(2)20(22)3/h6-8,21H,5,9-18H2,1-4H3,(H2,25,26,27). The second kappa shape index (κ2) is 11.9. The molecule has 32 heavy (non-hydrogen) atoms. The molecule has 2 aliphatic rings. The first-order chi connectivity index (χ1) is 15.5. The van der Waals surface area contributed by atoms with Crippen molar-refractivity contribution < 1.29 is 9.53 Å². The molecule has 8 heteroatoms. The number of piperazine rings is 1. The van der Waals surface area contributed by atoms with Crippen LogP contribution in [0.1, 0.15) is 30.9 Å². The molecule has 1 aromatic rings. The number of hydrogen-bond donors (Lipinski definition) is 2. The van der Waals surface area contributed by atoms with Gasteiger partial charge in [0.15, 0.2) is 5.96 Å². The molecule has 2 aliphatic heterocycles. The molecule has 8 nitrogen and oxygen atoms in total. The van der Waals surface area contributed by atoms with Crippen LogP contribution in [0.2, 0.25) is 0 Å². The fourth-order valence-corrected chi connectivity index (χ4v) is 4.43. The zero-order chi connectivity index (χ0) is 22.9. The number of amides is 1. The van der Waals surface area contributed by atoms with Crippen molar-refractivity contribution in [3.63, 3.8) is 0 Å². The Morgan fingerprint density at radius 2 is 1.84 bits per heavy atom. The summed E-state index contributed by atoms with van der Waals surface area (Å²) in [5, 5.41) is 6.96. The number of hydrogen-bond acceptors (Lipinski definition) is 5. The van der Waals surface area contributed by atoms with E-state index in [4.69, 9.17) is 4.74 Å². The molecule has 0 saturated carbocycles. The maximum Gasteiger partial charge on any atom is 0.409 e. The van der Waals surface area contributed by atoms with Crippen LogP contribution in [0.4, 0.5) is 10.5 Å². The first kappa shape index (κ1) is 24.2. The van der Waals surface area contributed by atoms with Crippen LogP contribution < -0.4 is 15.5 Å². The minimum atomic E-state index is -0.203. The lowest BCUT2D eigenvalue weighted by Crippen LogP contribution is -2.52. The number of carbonyl (C=O) groups is 1. The van der Waals surface area contributed by atoms with Gasteiger partial charge in [0, 0.05) is 71.1 Å². The third kappa shape index (κ3) is 6.51. The van der Waals surface area contributed by atoms with Crippen LogP contribution in [-0.4, -0.2) is 93.9 Å². The molecule has 0 bridgehead atoms. The van der Waals surface area contributed by atoms with Crippen LogP contribution >= 0.6 is 0 Å². The van der Waals surface area contributed by atoms with E-state index >= 15 is 0 Å². The lowest BCUT2D eigenvalue weighted by molar-refractivity contribution is 0.0963. The first-order valence-electron chi connectivity index (χ1n) is 11.9. The largest absolute Gasteiger partial charge is 0.450 e. The number of guanidine groups is 1. The van der Waals surface area contributed by atoms with Crippen molar-refractivity contribution >= 4 is 17.7 Å². The quantitative estimate of drug-likeness (QED) is 0.518. The number of likely N-dealkylation sites (tertiary alicyclic amines) is 1. The Balaban J connectivity index is 1.34. The van der Waals surface area contributed by atoms with Gasteiger partial charge in [-0.3, -0.25) is 9.89 Å². The zero-order valence-corrected chi connectivity index (χ0v) is 20.2. The van der Waals surface area contributed by atoms with E-state index in [-0.39, 0.29) is 6.09 Å². The van der Waals surface area contributed by atoms with Gasteiger partial charge >= 0.3 is 6.09 Å². The number of aryl methyl sites for hydroxylation is 1. The van der Waals surface area contributed by atoms with E-state index < -0.39 is 0 Å². The molecule has 3 rings (SSSR count). The van der Waals surface area contributed by atoms with E-state index in [0.29, 0.717) is 12.6 Å². The molecule has 0 unspecified atom stereocenters. The number of piperidine rings is 1. The zero-order valence-electron chi connectivity index (χ0n) is 20.2. The summed E-state index contributed by atoms with van der Waals surface area (Å²) in [5.41, 5.74) is 4.13. The van der Waals surface area contributed by atoms with Crippen LogP contribution in [0, 0.1) is 13.8 Å². The third-order valence-corrected chi connectivity index (χ3v) is 6.59. The van der Waals surface area contributed by atoms with Crippen molar-refractivity contribution in [2.75, 3.05) is 70.9 Å². The van der Waals surface area contributed by atoms with Gasteiger partial charge in [0.05, 0.1) is 6.61 Å². The predicted molar refractivity (Wildman–Crippen MR) is 131 cm³/mol. The number of anilines is 1. The second-order valence-corrected chi connectivity index (χ2v) is 8.65. The maximum atomic E-state index is 11.8. The van der Waals surface area contributed by atoms with Crippen molar-refractivity contribution in [3.05, 3.63) is 29.3 Å². The molecular formula is C24H40N6O2. The van der Waals surface area contributed by atoms with Gasteiger partial charge in [-0.2, -0.15) is 0 Å². The Hall–Kier alpha value is -2.48. The topological polar surface area (TPSA) is 72.4 Å². The van der Waals surface area contributed by atoms with E-state index in [0.717, 1.165) is 71.2 Å². The van der Waals surface area contributed by atoms with Crippen molar-refractivity contribution in [2.24, 2.45) is 4.99 Å². The van der Waals surface area contributed by atoms with Crippen molar-refractivity contribution in [2.45, 2.75) is 39.7 Å². The average Bonchev–Trinajstić information content (AvgIpc) is 2.81. The Kier molecular flexibility index (Phi) is 9.02. The summed E-state index contributed by atoms with van der Waals surface area (Å²) in [7, 11) is 1.81. The molecule has 2 saturated heterocycles. The molecule has 0 radical (unpaired) electrons. The van der Waals surface area contributed by atoms with Crippen molar-refractivity contribution in [1.82, 2.24) is 20.4 Å². The highest BCUT2D eigenvalue weighted by atomic mass is 16.6. The minimum Gasteiger partial charge on any atom is -0.450 e. The van der Waals surface area contributed by atoms with Crippen LogP contribution in [0.15, 0.2) is 23.2 Å². The summed E-state index contributed by atoms with van der Waals surface area (Å²) in [6.45, 7) is 14.3. The van der Waals surface area contributed by atoms with Gasteiger partial charge in [0.2, 0.25) is 0 Å². The normalized spacial score (nSPS) is 18.6. The molecular weight excluding hydrogens is 404 g/mol. The number of benzene rings is 1. The third-order valence-electron chi connectivity index (χ3n) is 6.59. The fourth-order valence-electron chi connectivity index (χ4n) is 4.43. The summed E-state index contributed by atoms with van der Waals surface area (Å²) >= 11 is 0. The summed E-state index contributed by atoms with van der Waals surface area (Å²) in [5.74, 6) is 0.841. The summed E-state index contributed by atoms with van der Waals surface area (Å²) in [6, 6.07) is 6.92. The number of carbonyl (C=O) groups excluding carboxylic acids is 1. The van der Waals surface area contributed by atoms with Gasteiger partial charge in [-0.05, 0) is 50.8 Å². The van der Waals surface area contributed by atoms with Crippen molar-refractivity contribution in [1.29, 1.82) is 0 Å². The summed E-state index contributed by atoms with van der Waals surface area (Å²) in [4.78, 5) is 23.0. The summed E-state index contributed by atoms with van der Waals surface area (Å²) in [6.07, 6.45) is 1.60. The number of aliphatic imine (C=N–C) groups is 1. The number of nitrogens with zero attached hydrogens (tertiary/aromatic N) is 4. The van der Waals surface area contributed by atoms with Crippen molar-refractivity contribution in [3.8, 4) is 0 Å². The number of nitrogens with one attached hydrogen (secondary N) is 2. The average molecular weight is 445 g/mol. The lowest BCUT2D eigenvalue weighted by atomic mass is 10.1. The lowest BCUT2D eigenvalue weighted by Gasteiger charge is -2.37. The molecule has 0 spiro atoms. The molecule has 0 atom stereocenters. The second-order valence-electron chi connectivity index (χ2n) is 8.65. The fraction of sp³-hybridized carbons (Fsp3) is 0.667. The molecule has 1 amide bonds. The van der Waals surface area contributed by atoms with Crippen LogP contribution in [0.25, 0.3) is 0 Å². The van der Waals surface area contributed by atoms with E-state index in [1.54, 1.807) is 4.90 Å². The molecule has 0 aliphatic carbocycles. The highest BCUT2D eigenvalue weighted by Gasteiger charge is 2.24. The minimum absolute atomic E-state index is 0.203. The van der Waals surface area contributed by atoms with Gasteiger partial charge in [0.1, 0.15) is 0 Å². The molecule has 2 heterocycles. The van der Waals surface area contributed by atoms with Crippen LogP contribution in [0.3, 0.4) is 0 Å². The van der Waals surface area contributed by atoms with Crippen LogP contribution in [0.5, 0.6) is 0 Å². The Morgan fingerprint density at radius 1 is 1.12 bits per heavy atom. The van der Waals surface area contributed by atoms with E-state index in [1.807, 2.05) is 14.0 Å². The van der Waals surface area contributed by atoms with E-state index in [9.17, 15) is 4.79 Å². The Morgan fingerprint density at radius 3 is 2.50 bits per heavy atom. The SMILES string of the molecule is CCOC(=O)N1CCC(NC(=NC)NCCN2CCN(c3cccc(C)c3C)CC2)CC1. The van der Waals surface area contributed by atoms with Gasteiger partial charge in [0.25, 0.3) is 0 Å². The first-order valence-corrected chi connectivity index (χ1v) is 11.9. The number of rotatable bonds is 6. The molecule has 0 aromatic heterocycles. The van der Waals surface area contributed by atoms with Gasteiger partial charge < -0.3 is 25.2 Å². The van der Waals surface area contributed by atoms with Gasteiger partial charge in [-0.25, -0.2) is 4.79 Å². The predicted octanol–water partition coefficient (Wildman–Crippen LogP) is 2.21. The Bertz CT molecular complexity index is 768. The molecule has 2 fully saturated rings. The monoisotopic (exact) mass is 444 g/mol. The molecule has 2 N–H and O–H groups in total. The summed E-state index contributed by atoms with van der Waals surface area (Å²) < 4.78 is 5.10. The maximum absolute atomic E-state index is 11.8. The Labute approximate surface area is 193 Å². The smallest absolute Gasteiger partial charge is 0.409 e. The highest BCUT2D eigenvalue weighted by molar-refractivity contribution is 5.80. The van der Waals surface area contributed by atoms with E-state index in [2.05, 4.69) is 57.5 Å². The molecule has 1 aromatic carbocycles. The highest BCUT2D eigenvalue weighted by Crippen LogP contribution is 2.23. The number of ether oxygens (including phenoxy) is 1.